The molecule has 0 radical (unpaired) electrons. The molecule has 0 rings (SSSR count). The molecule has 0 bridgehead atoms. The lowest BCUT2D eigenvalue weighted by Crippen LogP contribution is -2.12. The van der Waals surface area contributed by atoms with Crippen molar-refractivity contribution in [3.63, 3.8) is 0 Å². The van der Waals surface area contributed by atoms with Crippen molar-refractivity contribution in [2.75, 3.05) is 6.54 Å². The first-order valence-corrected chi connectivity index (χ1v) is 10.7. The number of allylic oxidation sites excluding steroid dienone is 3. The summed E-state index contributed by atoms with van der Waals surface area (Å²) in [6.45, 7) is 5.44. The van der Waals surface area contributed by atoms with Crippen LogP contribution in [-0.2, 0) is 9.59 Å². The monoisotopic (exact) mass is 381 g/mol. The Morgan fingerprint density at radius 3 is 1.56 bits per heavy atom. The molecule has 0 atom stereocenters. The Morgan fingerprint density at radius 1 is 0.778 bits per heavy atom. The fourth-order valence-electron chi connectivity index (χ4n) is 2.70. The molecule has 0 aliphatic rings. The number of carboxylic acids is 1. The van der Waals surface area contributed by atoms with Gasteiger partial charge < -0.3 is 10.8 Å². The van der Waals surface area contributed by atoms with Crippen LogP contribution in [0.3, 0.4) is 0 Å². The summed E-state index contributed by atoms with van der Waals surface area (Å²) in [5.74, 6) is -0.500. The predicted octanol–water partition coefficient (Wildman–Crippen LogP) is 6.20. The summed E-state index contributed by atoms with van der Waals surface area (Å²) in [7, 11) is 0. The van der Waals surface area contributed by atoms with Crippen LogP contribution in [0, 0.1) is 0 Å². The van der Waals surface area contributed by atoms with Gasteiger partial charge in [0, 0.05) is 12.8 Å². The molecular formula is C23H43NO3. The van der Waals surface area contributed by atoms with Gasteiger partial charge in [0.05, 0.1) is 6.54 Å². The molecule has 0 fully saturated rings. The fourth-order valence-corrected chi connectivity index (χ4v) is 2.70. The maximum absolute atomic E-state index is 11.0. The highest BCUT2D eigenvalue weighted by Gasteiger charge is 1.98. The van der Waals surface area contributed by atoms with Crippen molar-refractivity contribution < 1.29 is 14.7 Å². The van der Waals surface area contributed by atoms with Gasteiger partial charge in [-0.1, -0.05) is 63.2 Å². The Labute approximate surface area is 167 Å². The normalized spacial score (nSPS) is 10.4. The van der Waals surface area contributed by atoms with E-state index < -0.39 is 5.97 Å². The molecule has 158 valence electrons. The summed E-state index contributed by atoms with van der Waals surface area (Å²) in [5.41, 5.74) is 5.27. The van der Waals surface area contributed by atoms with Gasteiger partial charge in [-0.2, -0.15) is 0 Å². The van der Waals surface area contributed by atoms with Crippen molar-refractivity contribution in [3.8, 4) is 0 Å². The minimum Gasteiger partial charge on any atom is -0.481 e. The zero-order chi connectivity index (χ0) is 20.6. The topological polar surface area (TPSA) is 80.4 Å². The summed E-state index contributed by atoms with van der Waals surface area (Å²) in [6, 6.07) is 0. The highest BCUT2D eigenvalue weighted by Crippen LogP contribution is 2.10. The lowest BCUT2D eigenvalue weighted by atomic mass is 10.1. The van der Waals surface area contributed by atoms with Crippen molar-refractivity contribution in [3.05, 3.63) is 24.8 Å². The number of carbonyl (C=O) groups excluding carboxylic acids is 1. The van der Waals surface area contributed by atoms with Gasteiger partial charge in [-0.05, 0) is 45.4 Å². The Balaban J connectivity index is 0. The smallest absolute Gasteiger partial charge is 0.303 e. The lowest BCUT2D eigenvalue weighted by Gasteiger charge is -2.00. The Morgan fingerprint density at radius 2 is 1.15 bits per heavy atom. The number of ketones is 1. The van der Waals surface area contributed by atoms with Crippen molar-refractivity contribution >= 4 is 11.8 Å². The van der Waals surface area contributed by atoms with E-state index in [9.17, 15) is 9.59 Å². The van der Waals surface area contributed by atoms with Gasteiger partial charge in [0.2, 0.25) is 0 Å². The Kier molecular flexibility index (Phi) is 25.3. The van der Waals surface area contributed by atoms with Crippen molar-refractivity contribution in [2.45, 2.75) is 103 Å². The van der Waals surface area contributed by atoms with Crippen LogP contribution >= 0.6 is 0 Å². The SMILES string of the molecule is C=CC.NCC(=O)CCCCCCCC/C=C\CCCCCCCC(=O)O. The predicted molar refractivity (Wildman–Crippen MR) is 116 cm³/mol. The van der Waals surface area contributed by atoms with E-state index in [0.717, 1.165) is 38.5 Å². The summed E-state index contributed by atoms with van der Waals surface area (Å²) in [4.78, 5) is 21.4. The van der Waals surface area contributed by atoms with E-state index in [4.69, 9.17) is 10.8 Å². The molecule has 0 unspecified atom stereocenters. The number of carboxylic acid groups (broad SMARTS) is 1. The molecule has 0 aliphatic carbocycles. The second-order valence-electron chi connectivity index (χ2n) is 6.98. The molecule has 4 nitrogen and oxygen atoms in total. The van der Waals surface area contributed by atoms with Gasteiger partial charge >= 0.3 is 5.97 Å². The van der Waals surface area contributed by atoms with Crippen LogP contribution in [0.5, 0.6) is 0 Å². The van der Waals surface area contributed by atoms with Crippen LogP contribution in [0.15, 0.2) is 24.8 Å². The summed E-state index contributed by atoms with van der Waals surface area (Å²) < 4.78 is 0. The molecule has 0 amide bonds. The molecule has 0 spiro atoms. The fraction of sp³-hybridized carbons (Fsp3) is 0.739. The van der Waals surface area contributed by atoms with Crippen LogP contribution < -0.4 is 5.73 Å². The van der Waals surface area contributed by atoms with Crippen LogP contribution in [0.2, 0.25) is 0 Å². The van der Waals surface area contributed by atoms with Gasteiger partial charge in [0.15, 0.2) is 0 Å². The van der Waals surface area contributed by atoms with Crippen molar-refractivity contribution in [2.24, 2.45) is 5.73 Å². The van der Waals surface area contributed by atoms with Gasteiger partial charge in [-0.15, -0.1) is 6.58 Å². The van der Waals surface area contributed by atoms with E-state index in [2.05, 4.69) is 18.7 Å². The third-order valence-electron chi connectivity index (χ3n) is 4.23. The van der Waals surface area contributed by atoms with Gasteiger partial charge in [0.1, 0.15) is 5.78 Å². The van der Waals surface area contributed by atoms with Gasteiger partial charge in [-0.25, -0.2) is 0 Å². The third kappa shape index (κ3) is 29.6. The molecule has 0 saturated carbocycles. The van der Waals surface area contributed by atoms with Crippen molar-refractivity contribution in [1.82, 2.24) is 0 Å². The molecule has 0 aliphatic heterocycles. The maximum atomic E-state index is 11.0. The van der Waals surface area contributed by atoms with E-state index in [0.29, 0.717) is 12.8 Å². The maximum Gasteiger partial charge on any atom is 0.303 e. The van der Waals surface area contributed by atoms with E-state index >= 15 is 0 Å². The quantitative estimate of drug-likeness (QED) is 0.219. The number of nitrogens with two attached hydrogens (primary N) is 1. The molecule has 4 heteroatoms. The second kappa shape index (κ2) is 24.6. The van der Waals surface area contributed by atoms with Gasteiger partial charge in [-0.3, -0.25) is 9.59 Å². The summed E-state index contributed by atoms with van der Waals surface area (Å²) in [5, 5.41) is 8.53. The summed E-state index contributed by atoms with van der Waals surface area (Å²) >= 11 is 0. The first kappa shape index (κ1) is 27.8. The number of rotatable bonds is 18. The second-order valence-corrected chi connectivity index (χ2v) is 6.98. The number of Topliss-reactive ketones (excluding diaryl/α,β-unsaturated/α-hetero) is 1. The van der Waals surface area contributed by atoms with Crippen LogP contribution in [0.25, 0.3) is 0 Å². The Hall–Kier alpha value is -1.42. The Bertz CT molecular complexity index is 378. The molecule has 0 aromatic carbocycles. The third-order valence-corrected chi connectivity index (χ3v) is 4.23. The van der Waals surface area contributed by atoms with E-state index in [1.54, 1.807) is 6.08 Å². The minimum atomic E-state index is -0.681. The van der Waals surface area contributed by atoms with E-state index in [1.165, 1.54) is 44.9 Å². The van der Waals surface area contributed by atoms with E-state index in [1.807, 2.05) is 6.92 Å². The molecule has 27 heavy (non-hydrogen) atoms. The molecule has 0 saturated heterocycles. The van der Waals surface area contributed by atoms with Crippen molar-refractivity contribution in [1.29, 1.82) is 0 Å². The molecule has 0 aromatic rings. The number of unbranched alkanes of at least 4 members (excludes halogenated alkanes) is 11. The highest BCUT2D eigenvalue weighted by molar-refractivity contribution is 5.80. The minimum absolute atomic E-state index is 0.181. The first-order valence-electron chi connectivity index (χ1n) is 10.7. The average molecular weight is 382 g/mol. The van der Waals surface area contributed by atoms with E-state index in [-0.39, 0.29) is 12.3 Å². The first-order chi connectivity index (χ1) is 13.1. The number of hydrogen-bond acceptors (Lipinski definition) is 3. The largest absolute Gasteiger partial charge is 0.481 e. The molecular weight excluding hydrogens is 338 g/mol. The van der Waals surface area contributed by atoms with Crippen LogP contribution in [0.4, 0.5) is 0 Å². The standard InChI is InChI=1S/C20H37NO3.C3H6/c21-18-19(22)16-14-12-10-8-6-4-2-1-3-5-7-9-11-13-15-17-20(23)24;1-3-2/h1,3H,2,4-18,21H2,(H,23,24);3H,1H2,2H3/b3-1-;. The van der Waals surface area contributed by atoms with Gasteiger partial charge in [0.25, 0.3) is 0 Å². The number of carbonyl (C=O) groups is 2. The number of aliphatic carboxylic acids is 1. The average Bonchev–Trinajstić information content (AvgIpc) is 2.64. The molecule has 0 heterocycles. The van der Waals surface area contributed by atoms with Crippen LogP contribution in [-0.4, -0.2) is 23.4 Å². The van der Waals surface area contributed by atoms with Crippen LogP contribution in [0.1, 0.15) is 103 Å². The lowest BCUT2D eigenvalue weighted by molar-refractivity contribution is -0.137. The molecule has 3 N–H and O–H groups in total. The highest BCUT2D eigenvalue weighted by atomic mass is 16.4. The molecule has 0 aromatic heterocycles. The zero-order valence-corrected chi connectivity index (χ0v) is 17.6. The zero-order valence-electron chi connectivity index (χ0n) is 17.6. The number of hydrogen-bond donors (Lipinski definition) is 2. The summed E-state index contributed by atoms with van der Waals surface area (Å²) in [6.07, 6.45) is 22.2.